The minimum Gasteiger partial charge on any atom is -0.406 e. The number of carbonyl (C=O) groups excluding carboxylic acids is 1. The third kappa shape index (κ3) is 6.09. The number of likely N-dealkylation sites (tertiary alicyclic amines) is 1. The van der Waals surface area contributed by atoms with Crippen molar-refractivity contribution in [3.05, 3.63) is 29.8 Å². The molecule has 2 rings (SSSR count). The highest BCUT2D eigenvalue weighted by Crippen LogP contribution is 2.27. The zero-order chi connectivity index (χ0) is 16.9. The highest BCUT2D eigenvalue weighted by molar-refractivity contribution is 5.76. The third-order valence-corrected chi connectivity index (χ3v) is 3.90. The number of ether oxygens (including phenoxy) is 1. The van der Waals surface area contributed by atoms with E-state index in [1.807, 2.05) is 7.05 Å². The third-order valence-electron chi connectivity index (χ3n) is 3.90. The Labute approximate surface area is 133 Å². The topological polar surface area (TPSA) is 41.6 Å². The minimum absolute atomic E-state index is 0.138. The predicted molar refractivity (Wildman–Crippen MR) is 80.1 cm³/mol. The van der Waals surface area contributed by atoms with E-state index in [2.05, 4.69) is 15.0 Å². The molecule has 1 fully saturated rings. The van der Waals surface area contributed by atoms with Gasteiger partial charge >= 0.3 is 6.36 Å². The Morgan fingerprint density at radius 3 is 2.61 bits per heavy atom. The average Bonchev–Trinajstić information content (AvgIpc) is 2.47. The van der Waals surface area contributed by atoms with E-state index in [9.17, 15) is 18.0 Å². The lowest BCUT2D eigenvalue weighted by molar-refractivity contribution is -0.274. The van der Waals surface area contributed by atoms with E-state index in [4.69, 9.17) is 0 Å². The Hall–Kier alpha value is -1.76. The Bertz CT molecular complexity index is 526. The summed E-state index contributed by atoms with van der Waals surface area (Å²) in [7, 11) is 2.04. The first-order valence-corrected chi connectivity index (χ1v) is 7.65. The van der Waals surface area contributed by atoms with Gasteiger partial charge in [0, 0.05) is 12.5 Å². The number of alkyl halides is 3. The van der Waals surface area contributed by atoms with Crippen LogP contribution < -0.4 is 10.1 Å². The van der Waals surface area contributed by atoms with Crippen LogP contribution in [0.1, 0.15) is 24.8 Å². The molecule has 0 radical (unpaired) electrons. The van der Waals surface area contributed by atoms with Crippen LogP contribution >= 0.6 is 0 Å². The van der Waals surface area contributed by atoms with Gasteiger partial charge < -0.3 is 15.0 Å². The first-order valence-electron chi connectivity index (χ1n) is 7.65. The predicted octanol–water partition coefficient (Wildman–Crippen LogP) is 2.73. The fraction of sp³-hybridized carbons (Fsp3) is 0.562. The molecule has 1 aliphatic rings. The second kappa shape index (κ2) is 7.68. The number of piperidine rings is 1. The number of nitrogens with one attached hydrogen (secondary N) is 1. The van der Waals surface area contributed by atoms with Gasteiger partial charge in [-0.25, -0.2) is 0 Å². The highest BCUT2D eigenvalue weighted by Gasteiger charge is 2.32. The molecule has 1 aliphatic heterocycles. The quantitative estimate of drug-likeness (QED) is 0.903. The van der Waals surface area contributed by atoms with Crippen LogP contribution in [0.3, 0.4) is 0 Å². The molecular weight excluding hydrogens is 309 g/mol. The summed E-state index contributed by atoms with van der Waals surface area (Å²) in [4.78, 5) is 14.2. The molecule has 4 nitrogen and oxygen atoms in total. The number of carbonyl (C=O) groups is 1. The monoisotopic (exact) mass is 330 g/mol. The number of hydrogen-bond donors (Lipinski definition) is 1. The smallest absolute Gasteiger partial charge is 0.406 e. The Morgan fingerprint density at radius 1 is 1.30 bits per heavy atom. The van der Waals surface area contributed by atoms with Crippen molar-refractivity contribution >= 4 is 5.91 Å². The zero-order valence-corrected chi connectivity index (χ0v) is 13.0. The molecule has 1 aromatic carbocycles. The van der Waals surface area contributed by atoms with Crippen molar-refractivity contribution in [2.45, 2.75) is 38.1 Å². The summed E-state index contributed by atoms with van der Waals surface area (Å²) in [6.45, 7) is 1.88. The summed E-state index contributed by atoms with van der Waals surface area (Å²) in [5, 5.41) is 2.95. The van der Waals surface area contributed by atoms with E-state index in [-0.39, 0.29) is 30.5 Å². The maximum atomic E-state index is 12.4. The first-order chi connectivity index (χ1) is 10.8. The summed E-state index contributed by atoms with van der Waals surface area (Å²) >= 11 is 0. The van der Waals surface area contributed by atoms with E-state index in [1.54, 1.807) is 12.1 Å². The van der Waals surface area contributed by atoms with E-state index in [0.29, 0.717) is 5.56 Å². The van der Waals surface area contributed by atoms with Crippen LogP contribution in [0.25, 0.3) is 0 Å². The number of rotatable bonds is 5. The van der Waals surface area contributed by atoms with Crippen molar-refractivity contribution < 1.29 is 22.7 Å². The van der Waals surface area contributed by atoms with Gasteiger partial charge in [-0.05, 0) is 51.0 Å². The minimum atomic E-state index is -4.73. The highest BCUT2D eigenvalue weighted by atomic mass is 19.4. The second-order valence-electron chi connectivity index (χ2n) is 5.80. The van der Waals surface area contributed by atoms with Gasteiger partial charge in [0.1, 0.15) is 5.75 Å². The van der Waals surface area contributed by atoms with Crippen molar-refractivity contribution in [1.29, 1.82) is 0 Å². The molecule has 0 atom stereocenters. The maximum absolute atomic E-state index is 12.4. The number of aryl methyl sites for hydroxylation is 1. The Morgan fingerprint density at radius 2 is 1.96 bits per heavy atom. The molecular formula is C16H21F3N2O2. The molecule has 1 N–H and O–H groups in total. The van der Waals surface area contributed by atoms with Gasteiger partial charge in [0.15, 0.2) is 0 Å². The normalized spacial score (nSPS) is 17.0. The van der Waals surface area contributed by atoms with Crippen LogP contribution in [0.2, 0.25) is 0 Å². The van der Waals surface area contributed by atoms with Crippen LogP contribution in [0, 0.1) is 0 Å². The molecule has 7 heteroatoms. The Kier molecular flexibility index (Phi) is 5.87. The Balaban J connectivity index is 1.84. The van der Waals surface area contributed by atoms with Gasteiger partial charge in [0.2, 0.25) is 5.91 Å². The molecule has 1 amide bonds. The average molecular weight is 330 g/mol. The van der Waals surface area contributed by atoms with Crippen LogP contribution in [-0.4, -0.2) is 43.3 Å². The van der Waals surface area contributed by atoms with E-state index in [0.717, 1.165) is 25.9 Å². The van der Waals surface area contributed by atoms with Gasteiger partial charge in [-0.1, -0.05) is 18.2 Å². The molecule has 0 spiro atoms. The summed E-state index contributed by atoms with van der Waals surface area (Å²) in [5.41, 5.74) is 0.378. The molecule has 23 heavy (non-hydrogen) atoms. The molecule has 1 saturated heterocycles. The van der Waals surface area contributed by atoms with Crippen LogP contribution in [0.4, 0.5) is 13.2 Å². The second-order valence-corrected chi connectivity index (χ2v) is 5.80. The van der Waals surface area contributed by atoms with Crippen molar-refractivity contribution in [3.8, 4) is 5.75 Å². The number of para-hydroxylation sites is 1. The molecule has 1 aromatic rings. The van der Waals surface area contributed by atoms with E-state index >= 15 is 0 Å². The molecule has 128 valence electrons. The van der Waals surface area contributed by atoms with Gasteiger partial charge in [-0.2, -0.15) is 0 Å². The van der Waals surface area contributed by atoms with E-state index < -0.39 is 6.36 Å². The van der Waals surface area contributed by atoms with Crippen LogP contribution in [0.15, 0.2) is 24.3 Å². The van der Waals surface area contributed by atoms with E-state index in [1.165, 1.54) is 12.1 Å². The number of hydrogen-bond acceptors (Lipinski definition) is 3. The van der Waals surface area contributed by atoms with Gasteiger partial charge in [0.25, 0.3) is 0 Å². The number of benzene rings is 1. The fourth-order valence-electron chi connectivity index (χ4n) is 2.64. The summed E-state index contributed by atoms with van der Waals surface area (Å²) in [6.07, 6.45) is -2.58. The molecule has 0 saturated carbocycles. The van der Waals surface area contributed by atoms with Crippen molar-refractivity contribution in [2.24, 2.45) is 0 Å². The lowest BCUT2D eigenvalue weighted by Crippen LogP contribution is -2.43. The van der Waals surface area contributed by atoms with Crippen molar-refractivity contribution in [2.75, 3.05) is 20.1 Å². The molecule has 1 heterocycles. The lowest BCUT2D eigenvalue weighted by Gasteiger charge is -2.29. The SMILES string of the molecule is CN1CCC(NC(=O)CCc2ccccc2OC(F)(F)F)CC1. The van der Waals surface area contributed by atoms with Crippen molar-refractivity contribution in [1.82, 2.24) is 10.2 Å². The lowest BCUT2D eigenvalue weighted by atomic mass is 10.0. The largest absolute Gasteiger partial charge is 0.573 e. The molecule has 0 bridgehead atoms. The van der Waals surface area contributed by atoms with Gasteiger partial charge in [0.05, 0.1) is 0 Å². The summed E-state index contributed by atoms with van der Waals surface area (Å²) in [6, 6.07) is 6.07. The first kappa shape index (κ1) is 17.6. The van der Waals surface area contributed by atoms with Gasteiger partial charge in [-0.15, -0.1) is 13.2 Å². The summed E-state index contributed by atoms with van der Waals surface area (Å²) < 4.78 is 41.1. The van der Waals surface area contributed by atoms with Crippen molar-refractivity contribution in [3.63, 3.8) is 0 Å². The van der Waals surface area contributed by atoms with Gasteiger partial charge in [-0.3, -0.25) is 4.79 Å². The van der Waals surface area contributed by atoms with Crippen LogP contribution in [0.5, 0.6) is 5.75 Å². The number of halogens is 3. The molecule has 0 aliphatic carbocycles. The maximum Gasteiger partial charge on any atom is 0.573 e. The summed E-state index contributed by atoms with van der Waals surface area (Å²) in [5.74, 6) is -0.381. The fourth-order valence-corrected chi connectivity index (χ4v) is 2.64. The molecule has 0 unspecified atom stereocenters. The standard InChI is InChI=1S/C16H21F3N2O2/c1-21-10-8-13(9-11-21)20-15(22)7-6-12-4-2-3-5-14(12)23-16(17,18)19/h2-5,13H,6-11H2,1H3,(H,20,22). The zero-order valence-electron chi connectivity index (χ0n) is 13.0. The number of nitrogens with zero attached hydrogens (tertiary/aromatic N) is 1. The number of amides is 1. The van der Waals surface area contributed by atoms with Crippen LogP contribution in [-0.2, 0) is 11.2 Å². The molecule has 0 aromatic heterocycles.